The van der Waals surface area contributed by atoms with Gasteiger partial charge in [0.1, 0.15) is 5.82 Å². The number of benzene rings is 2. The van der Waals surface area contributed by atoms with Gasteiger partial charge in [-0.3, -0.25) is 0 Å². The van der Waals surface area contributed by atoms with Crippen molar-refractivity contribution in [3.8, 4) is 0 Å². The Bertz CT molecular complexity index is 693. The van der Waals surface area contributed by atoms with Gasteiger partial charge in [0.15, 0.2) is 0 Å². The van der Waals surface area contributed by atoms with Crippen molar-refractivity contribution in [3.05, 3.63) is 65.0 Å². The molecule has 0 radical (unpaired) electrons. The zero-order valence-corrected chi connectivity index (χ0v) is 11.9. The van der Waals surface area contributed by atoms with Gasteiger partial charge in [0.2, 0.25) is 0 Å². The van der Waals surface area contributed by atoms with E-state index in [0.717, 1.165) is 22.4 Å². The fourth-order valence-electron chi connectivity index (χ4n) is 2.96. The van der Waals surface area contributed by atoms with E-state index >= 15 is 0 Å². The standard InChI is InChI=1S/C17H17FN2/c1-12-10-13(18)8-9-14(12)17(2)15-6-4-5-7-16(15)19-11-20(17)3/h4-11H,1-3H3. The first kappa shape index (κ1) is 12.9. The number of aryl methyl sites for hydroxylation is 1. The van der Waals surface area contributed by atoms with Gasteiger partial charge in [0, 0.05) is 12.6 Å². The molecule has 102 valence electrons. The Kier molecular flexibility index (Phi) is 2.85. The lowest BCUT2D eigenvalue weighted by molar-refractivity contribution is 0.290. The van der Waals surface area contributed by atoms with Crippen molar-refractivity contribution in [2.24, 2.45) is 4.99 Å². The zero-order chi connectivity index (χ0) is 14.3. The molecule has 0 saturated heterocycles. The molecule has 0 fully saturated rings. The summed E-state index contributed by atoms with van der Waals surface area (Å²) in [5.41, 5.74) is 3.82. The second kappa shape index (κ2) is 4.44. The van der Waals surface area contributed by atoms with Crippen LogP contribution in [0.3, 0.4) is 0 Å². The maximum absolute atomic E-state index is 13.4. The predicted octanol–water partition coefficient (Wildman–Crippen LogP) is 4.00. The minimum atomic E-state index is -0.337. The first-order valence-electron chi connectivity index (χ1n) is 6.67. The van der Waals surface area contributed by atoms with Crippen molar-refractivity contribution in [2.75, 3.05) is 7.05 Å². The summed E-state index contributed by atoms with van der Waals surface area (Å²) < 4.78 is 13.4. The largest absolute Gasteiger partial charge is 0.352 e. The molecule has 0 saturated carbocycles. The average Bonchev–Trinajstić information content (AvgIpc) is 2.43. The highest BCUT2D eigenvalue weighted by Gasteiger charge is 2.37. The van der Waals surface area contributed by atoms with Gasteiger partial charge in [0.05, 0.1) is 17.6 Å². The Hall–Kier alpha value is -2.16. The molecule has 0 aliphatic carbocycles. The highest BCUT2D eigenvalue weighted by atomic mass is 19.1. The second-order valence-corrected chi connectivity index (χ2v) is 5.40. The Morgan fingerprint density at radius 3 is 2.60 bits per heavy atom. The number of hydrogen-bond donors (Lipinski definition) is 0. The zero-order valence-electron chi connectivity index (χ0n) is 11.9. The van der Waals surface area contributed by atoms with Gasteiger partial charge in [-0.2, -0.15) is 0 Å². The fourth-order valence-corrected chi connectivity index (χ4v) is 2.96. The molecule has 20 heavy (non-hydrogen) atoms. The van der Waals surface area contributed by atoms with Crippen LogP contribution in [0.2, 0.25) is 0 Å². The molecular weight excluding hydrogens is 251 g/mol. The summed E-state index contributed by atoms with van der Waals surface area (Å²) in [6.45, 7) is 4.10. The summed E-state index contributed by atoms with van der Waals surface area (Å²) >= 11 is 0. The second-order valence-electron chi connectivity index (χ2n) is 5.40. The lowest BCUT2D eigenvalue weighted by Gasteiger charge is -2.42. The number of nitrogens with zero attached hydrogens (tertiary/aromatic N) is 2. The van der Waals surface area contributed by atoms with Crippen molar-refractivity contribution in [1.82, 2.24) is 4.90 Å². The molecule has 1 atom stereocenters. The Morgan fingerprint density at radius 1 is 1.10 bits per heavy atom. The van der Waals surface area contributed by atoms with Gasteiger partial charge in [0.25, 0.3) is 0 Å². The number of fused-ring (bicyclic) bond motifs is 1. The van der Waals surface area contributed by atoms with E-state index in [4.69, 9.17) is 0 Å². The lowest BCUT2D eigenvalue weighted by atomic mass is 9.79. The number of aliphatic imine (C=N–C) groups is 1. The van der Waals surface area contributed by atoms with Crippen LogP contribution in [0.1, 0.15) is 23.6 Å². The van der Waals surface area contributed by atoms with Crippen molar-refractivity contribution in [1.29, 1.82) is 0 Å². The Labute approximate surface area is 118 Å². The molecule has 2 aromatic rings. The molecule has 2 aromatic carbocycles. The highest BCUT2D eigenvalue weighted by Crippen LogP contribution is 2.42. The van der Waals surface area contributed by atoms with E-state index in [1.54, 1.807) is 6.07 Å². The van der Waals surface area contributed by atoms with E-state index in [0.29, 0.717) is 0 Å². The maximum atomic E-state index is 13.4. The number of para-hydroxylation sites is 1. The average molecular weight is 268 g/mol. The maximum Gasteiger partial charge on any atom is 0.123 e. The molecule has 0 bridgehead atoms. The smallest absolute Gasteiger partial charge is 0.123 e. The number of hydrogen-bond acceptors (Lipinski definition) is 2. The van der Waals surface area contributed by atoms with Crippen molar-refractivity contribution < 1.29 is 4.39 Å². The van der Waals surface area contributed by atoms with E-state index in [-0.39, 0.29) is 11.4 Å². The quantitative estimate of drug-likeness (QED) is 0.763. The fraction of sp³-hybridized carbons (Fsp3) is 0.235. The summed E-state index contributed by atoms with van der Waals surface area (Å²) in [6.07, 6.45) is 1.84. The van der Waals surface area contributed by atoms with Gasteiger partial charge in [-0.25, -0.2) is 9.38 Å². The van der Waals surface area contributed by atoms with E-state index in [1.165, 1.54) is 6.07 Å². The van der Waals surface area contributed by atoms with Crippen LogP contribution in [0.4, 0.5) is 10.1 Å². The van der Waals surface area contributed by atoms with Gasteiger partial charge < -0.3 is 4.90 Å². The normalized spacial score (nSPS) is 20.9. The SMILES string of the molecule is Cc1cc(F)ccc1C1(C)c2ccccc2N=CN1C. The molecule has 0 amide bonds. The molecule has 1 heterocycles. The molecule has 1 aliphatic heterocycles. The Morgan fingerprint density at radius 2 is 1.85 bits per heavy atom. The van der Waals surface area contributed by atoms with Gasteiger partial charge in [-0.15, -0.1) is 0 Å². The van der Waals surface area contributed by atoms with Crippen molar-refractivity contribution >= 4 is 12.0 Å². The van der Waals surface area contributed by atoms with E-state index in [1.807, 2.05) is 44.6 Å². The number of rotatable bonds is 1. The van der Waals surface area contributed by atoms with Crippen molar-refractivity contribution in [2.45, 2.75) is 19.4 Å². The van der Waals surface area contributed by atoms with E-state index in [9.17, 15) is 4.39 Å². The Balaban J connectivity index is 2.26. The molecule has 0 spiro atoms. The summed E-state index contributed by atoms with van der Waals surface area (Å²) in [5.74, 6) is -0.199. The molecule has 1 unspecified atom stereocenters. The minimum absolute atomic E-state index is 0.199. The van der Waals surface area contributed by atoms with Crippen LogP contribution >= 0.6 is 0 Å². The van der Waals surface area contributed by atoms with Crippen LogP contribution in [0, 0.1) is 12.7 Å². The van der Waals surface area contributed by atoms with E-state index < -0.39 is 0 Å². The van der Waals surface area contributed by atoms with Crippen LogP contribution in [0.5, 0.6) is 0 Å². The lowest BCUT2D eigenvalue weighted by Crippen LogP contribution is -2.43. The minimum Gasteiger partial charge on any atom is -0.352 e. The summed E-state index contributed by atoms with van der Waals surface area (Å²) in [4.78, 5) is 6.55. The number of halogens is 1. The van der Waals surface area contributed by atoms with Gasteiger partial charge in [-0.05, 0) is 43.2 Å². The summed E-state index contributed by atoms with van der Waals surface area (Å²) in [6, 6.07) is 13.1. The molecule has 0 N–H and O–H groups in total. The molecule has 3 heteroatoms. The molecule has 2 nitrogen and oxygen atoms in total. The van der Waals surface area contributed by atoms with Crippen molar-refractivity contribution in [3.63, 3.8) is 0 Å². The molecule has 1 aliphatic rings. The third kappa shape index (κ3) is 1.73. The first-order valence-corrected chi connectivity index (χ1v) is 6.67. The van der Waals surface area contributed by atoms with Crippen LogP contribution in [0.25, 0.3) is 0 Å². The van der Waals surface area contributed by atoms with E-state index in [2.05, 4.69) is 22.9 Å². The first-order chi connectivity index (χ1) is 9.53. The summed E-state index contributed by atoms with van der Waals surface area (Å²) in [5, 5.41) is 0. The monoisotopic (exact) mass is 268 g/mol. The third-order valence-electron chi connectivity index (χ3n) is 4.22. The van der Waals surface area contributed by atoms with Gasteiger partial charge in [-0.1, -0.05) is 24.3 Å². The topological polar surface area (TPSA) is 15.6 Å². The molecule has 3 rings (SSSR count). The van der Waals surface area contributed by atoms with Crippen LogP contribution < -0.4 is 0 Å². The molecule has 0 aromatic heterocycles. The summed E-state index contributed by atoms with van der Waals surface area (Å²) in [7, 11) is 2.00. The predicted molar refractivity (Wildman–Crippen MR) is 79.9 cm³/mol. The third-order valence-corrected chi connectivity index (χ3v) is 4.22. The van der Waals surface area contributed by atoms with Crippen LogP contribution in [0.15, 0.2) is 47.5 Å². The van der Waals surface area contributed by atoms with Gasteiger partial charge >= 0.3 is 0 Å². The highest BCUT2D eigenvalue weighted by molar-refractivity contribution is 5.72. The van der Waals surface area contributed by atoms with Crippen LogP contribution in [-0.2, 0) is 5.54 Å². The van der Waals surface area contributed by atoms with Crippen LogP contribution in [-0.4, -0.2) is 18.3 Å². The molecular formula is C17H17FN2.